The standard InChI is InChI=1S/C22H19FN4/c23-18-6-4-16(5-7-18)17-3-1-2-15(12-17)10-11-25-22-20-13-19(24)8-9-21(20)26-14-27-22/h1-9,12-14H,10-11,24H2,(H,25,26,27). The van der Waals surface area contributed by atoms with E-state index in [2.05, 4.69) is 27.4 Å². The second-order valence-corrected chi connectivity index (χ2v) is 6.38. The van der Waals surface area contributed by atoms with E-state index in [1.54, 1.807) is 18.5 Å². The van der Waals surface area contributed by atoms with Crippen LogP contribution in [0.2, 0.25) is 0 Å². The summed E-state index contributed by atoms with van der Waals surface area (Å²) >= 11 is 0. The molecule has 134 valence electrons. The molecule has 0 fully saturated rings. The van der Waals surface area contributed by atoms with Gasteiger partial charge in [-0.05, 0) is 53.4 Å². The molecule has 1 heterocycles. The van der Waals surface area contributed by atoms with Crippen LogP contribution in [0.3, 0.4) is 0 Å². The average molecular weight is 358 g/mol. The third kappa shape index (κ3) is 3.87. The lowest BCUT2D eigenvalue weighted by atomic mass is 10.0. The van der Waals surface area contributed by atoms with Crippen LogP contribution in [-0.2, 0) is 6.42 Å². The van der Waals surface area contributed by atoms with Gasteiger partial charge in [-0.2, -0.15) is 0 Å². The summed E-state index contributed by atoms with van der Waals surface area (Å²) in [6, 6.07) is 20.4. The molecule has 0 spiro atoms. The van der Waals surface area contributed by atoms with E-state index < -0.39 is 0 Å². The molecular weight excluding hydrogens is 339 g/mol. The van der Waals surface area contributed by atoms with Gasteiger partial charge in [-0.3, -0.25) is 0 Å². The summed E-state index contributed by atoms with van der Waals surface area (Å²) < 4.78 is 13.1. The number of aromatic nitrogens is 2. The largest absolute Gasteiger partial charge is 0.399 e. The Hall–Kier alpha value is -3.47. The monoisotopic (exact) mass is 358 g/mol. The molecule has 0 atom stereocenters. The smallest absolute Gasteiger partial charge is 0.137 e. The first-order chi connectivity index (χ1) is 13.2. The van der Waals surface area contributed by atoms with Crippen molar-refractivity contribution in [2.24, 2.45) is 0 Å². The zero-order valence-electron chi connectivity index (χ0n) is 14.7. The van der Waals surface area contributed by atoms with Gasteiger partial charge in [0.1, 0.15) is 18.0 Å². The molecule has 0 saturated carbocycles. The number of hydrogen-bond acceptors (Lipinski definition) is 4. The minimum atomic E-state index is -0.225. The van der Waals surface area contributed by atoms with Crippen molar-refractivity contribution >= 4 is 22.4 Å². The Kier molecular flexibility index (Phi) is 4.66. The maximum absolute atomic E-state index is 13.1. The molecule has 5 heteroatoms. The Morgan fingerprint density at radius 2 is 1.74 bits per heavy atom. The molecule has 0 aliphatic rings. The normalized spacial score (nSPS) is 10.9. The summed E-state index contributed by atoms with van der Waals surface area (Å²) in [6.45, 7) is 0.730. The second-order valence-electron chi connectivity index (χ2n) is 6.38. The summed E-state index contributed by atoms with van der Waals surface area (Å²) in [5, 5.41) is 4.29. The molecule has 0 radical (unpaired) electrons. The predicted octanol–water partition coefficient (Wildman–Crippen LogP) is 4.67. The number of nitrogen functional groups attached to an aromatic ring is 1. The fraction of sp³-hybridized carbons (Fsp3) is 0.0909. The van der Waals surface area contributed by atoms with Crippen LogP contribution < -0.4 is 11.1 Å². The van der Waals surface area contributed by atoms with Gasteiger partial charge in [0.05, 0.1) is 5.52 Å². The van der Waals surface area contributed by atoms with Crippen LogP contribution in [0, 0.1) is 5.82 Å². The van der Waals surface area contributed by atoms with Gasteiger partial charge in [0.2, 0.25) is 0 Å². The third-order valence-corrected chi connectivity index (χ3v) is 4.47. The first-order valence-electron chi connectivity index (χ1n) is 8.78. The second kappa shape index (κ2) is 7.41. The molecule has 4 aromatic rings. The van der Waals surface area contributed by atoms with E-state index in [1.165, 1.54) is 17.7 Å². The van der Waals surface area contributed by atoms with Gasteiger partial charge in [-0.15, -0.1) is 0 Å². The number of nitrogens with two attached hydrogens (primary N) is 1. The highest BCUT2D eigenvalue weighted by Gasteiger charge is 2.05. The SMILES string of the molecule is Nc1ccc2ncnc(NCCc3cccc(-c4ccc(F)cc4)c3)c2c1. The van der Waals surface area contributed by atoms with Crippen LogP contribution in [0.25, 0.3) is 22.0 Å². The molecule has 4 nitrogen and oxygen atoms in total. The zero-order chi connectivity index (χ0) is 18.6. The first kappa shape index (κ1) is 17.0. The van der Waals surface area contributed by atoms with Gasteiger partial charge < -0.3 is 11.1 Å². The van der Waals surface area contributed by atoms with Crippen molar-refractivity contribution in [1.29, 1.82) is 0 Å². The van der Waals surface area contributed by atoms with E-state index in [0.29, 0.717) is 5.69 Å². The fourth-order valence-corrected chi connectivity index (χ4v) is 3.09. The van der Waals surface area contributed by atoms with Crippen LogP contribution in [0.5, 0.6) is 0 Å². The van der Waals surface area contributed by atoms with E-state index in [0.717, 1.165) is 40.8 Å². The number of nitrogens with zero attached hydrogens (tertiary/aromatic N) is 2. The number of fused-ring (bicyclic) bond motifs is 1. The minimum absolute atomic E-state index is 0.225. The van der Waals surface area contributed by atoms with Crippen LogP contribution in [-0.4, -0.2) is 16.5 Å². The van der Waals surface area contributed by atoms with E-state index >= 15 is 0 Å². The Labute approximate surface area is 156 Å². The number of anilines is 2. The molecule has 0 unspecified atom stereocenters. The molecular formula is C22H19FN4. The maximum Gasteiger partial charge on any atom is 0.137 e. The van der Waals surface area contributed by atoms with Crippen molar-refractivity contribution in [2.45, 2.75) is 6.42 Å². The summed E-state index contributed by atoms with van der Waals surface area (Å²) in [5.41, 5.74) is 10.7. The lowest BCUT2D eigenvalue weighted by molar-refractivity contribution is 0.628. The van der Waals surface area contributed by atoms with Crippen molar-refractivity contribution in [3.8, 4) is 11.1 Å². The Morgan fingerprint density at radius 3 is 2.59 bits per heavy atom. The summed E-state index contributed by atoms with van der Waals surface area (Å²) in [6.07, 6.45) is 2.39. The summed E-state index contributed by atoms with van der Waals surface area (Å²) in [4.78, 5) is 8.61. The summed E-state index contributed by atoms with van der Waals surface area (Å²) in [5.74, 6) is 0.554. The van der Waals surface area contributed by atoms with Gasteiger partial charge in [0, 0.05) is 17.6 Å². The molecule has 0 aliphatic carbocycles. The predicted molar refractivity (Wildman–Crippen MR) is 108 cm³/mol. The van der Waals surface area contributed by atoms with Gasteiger partial charge in [-0.1, -0.05) is 36.4 Å². The van der Waals surface area contributed by atoms with Crippen molar-refractivity contribution in [3.05, 3.63) is 84.4 Å². The molecule has 0 aliphatic heterocycles. The van der Waals surface area contributed by atoms with Crippen LogP contribution in [0.1, 0.15) is 5.56 Å². The third-order valence-electron chi connectivity index (χ3n) is 4.47. The molecule has 3 aromatic carbocycles. The van der Waals surface area contributed by atoms with Crippen LogP contribution >= 0.6 is 0 Å². The van der Waals surface area contributed by atoms with Crippen LogP contribution in [0.4, 0.5) is 15.9 Å². The molecule has 0 bridgehead atoms. The number of halogens is 1. The molecule has 27 heavy (non-hydrogen) atoms. The van der Waals surface area contributed by atoms with Gasteiger partial charge >= 0.3 is 0 Å². The van der Waals surface area contributed by atoms with Gasteiger partial charge in [0.25, 0.3) is 0 Å². The zero-order valence-corrected chi connectivity index (χ0v) is 14.7. The Morgan fingerprint density at radius 1 is 0.889 bits per heavy atom. The van der Waals surface area contributed by atoms with Crippen molar-refractivity contribution in [3.63, 3.8) is 0 Å². The molecule has 1 aromatic heterocycles. The van der Waals surface area contributed by atoms with Crippen molar-refractivity contribution in [2.75, 3.05) is 17.6 Å². The Balaban J connectivity index is 1.48. The van der Waals surface area contributed by atoms with E-state index in [9.17, 15) is 4.39 Å². The van der Waals surface area contributed by atoms with Crippen LogP contribution in [0.15, 0.2) is 73.1 Å². The molecule has 0 amide bonds. The number of nitrogens with one attached hydrogen (secondary N) is 1. The van der Waals surface area contributed by atoms with Crippen molar-refractivity contribution < 1.29 is 4.39 Å². The Bertz CT molecular complexity index is 1080. The fourth-order valence-electron chi connectivity index (χ4n) is 3.09. The maximum atomic E-state index is 13.1. The van der Waals surface area contributed by atoms with Gasteiger partial charge in [-0.25, -0.2) is 14.4 Å². The van der Waals surface area contributed by atoms with Crippen molar-refractivity contribution in [1.82, 2.24) is 9.97 Å². The number of rotatable bonds is 5. The highest BCUT2D eigenvalue weighted by atomic mass is 19.1. The lowest BCUT2D eigenvalue weighted by Crippen LogP contribution is -2.07. The number of benzene rings is 3. The van der Waals surface area contributed by atoms with E-state index in [4.69, 9.17) is 5.73 Å². The topological polar surface area (TPSA) is 63.8 Å². The average Bonchev–Trinajstić information content (AvgIpc) is 2.69. The first-order valence-corrected chi connectivity index (χ1v) is 8.78. The van der Waals surface area contributed by atoms with Gasteiger partial charge in [0.15, 0.2) is 0 Å². The molecule has 0 saturated heterocycles. The summed E-state index contributed by atoms with van der Waals surface area (Å²) in [7, 11) is 0. The quantitative estimate of drug-likeness (QED) is 0.509. The molecule has 4 rings (SSSR count). The highest BCUT2D eigenvalue weighted by Crippen LogP contribution is 2.23. The lowest BCUT2D eigenvalue weighted by Gasteiger charge is -2.10. The number of hydrogen-bond donors (Lipinski definition) is 2. The minimum Gasteiger partial charge on any atom is -0.399 e. The van der Waals surface area contributed by atoms with E-state index in [-0.39, 0.29) is 5.82 Å². The van der Waals surface area contributed by atoms with E-state index in [1.807, 2.05) is 30.3 Å². The highest BCUT2D eigenvalue weighted by molar-refractivity contribution is 5.91. The molecule has 3 N–H and O–H groups in total.